The van der Waals surface area contributed by atoms with E-state index in [0.29, 0.717) is 0 Å². The van der Waals surface area contributed by atoms with E-state index >= 15 is 0 Å². The minimum atomic E-state index is 1.22. The Balaban J connectivity index is 0.974. The van der Waals surface area contributed by atoms with Gasteiger partial charge in [-0.2, -0.15) is 0 Å². The van der Waals surface area contributed by atoms with E-state index in [4.69, 9.17) is 0 Å². The van der Waals surface area contributed by atoms with Crippen LogP contribution in [-0.4, -0.2) is 0 Å². The summed E-state index contributed by atoms with van der Waals surface area (Å²) in [6.07, 6.45) is 0. The molecule has 0 bridgehead atoms. The lowest BCUT2D eigenvalue weighted by molar-refractivity contribution is 1.61. The minimum absolute atomic E-state index is 1.22. The Hall–Kier alpha value is -7.10. The maximum atomic E-state index is 2.43. The van der Waals surface area contributed by atoms with Crippen LogP contribution in [0.15, 0.2) is 206 Å². The summed E-state index contributed by atoms with van der Waals surface area (Å²) in [5.74, 6) is 0. The van der Waals surface area contributed by atoms with Crippen molar-refractivity contribution in [2.24, 2.45) is 0 Å². The highest BCUT2D eigenvalue weighted by Crippen LogP contribution is 2.48. The van der Waals surface area contributed by atoms with E-state index in [1.807, 2.05) is 22.7 Å². The summed E-state index contributed by atoms with van der Waals surface area (Å²) in [6, 6.07) is 76.8. The van der Waals surface area contributed by atoms with Crippen LogP contribution >= 0.6 is 22.7 Å². The number of hydrogen-bond donors (Lipinski definition) is 0. The van der Waals surface area contributed by atoms with E-state index in [1.54, 1.807) is 0 Å². The van der Waals surface area contributed by atoms with Crippen molar-refractivity contribution in [3.63, 3.8) is 0 Å². The first-order valence-electron chi connectivity index (χ1n) is 20.6. The summed E-state index contributed by atoms with van der Waals surface area (Å²) in [7, 11) is 0. The van der Waals surface area contributed by atoms with Gasteiger partial charge in [0.25, 0.3) is 0 Å². The highest BCUT2D eigenvalue weighted by Gasteiger charge is 2.20. The molecule has 0 aliphatic carbocycles. The highest BCUT2D eigenvalue weighted by molar-refractivity contribution is 7.28. The molecule has 0 aliphatic heterocycles. The van der Waals surface area contributed by atoms with Crippen LogP contribution in [0.4, 0.5) is 0 Å². The zero-order chi connectivity index (χ0) is 39.3. The van der Waals surface area contributed by atoms with Crippen LogP contribution in [0.1, 0.15) is 0 Å². The first-order valence-corrected chi connectivity index (χ1v) is 22.2. The number of thiophene rings is 2. The molecular formula is C58H34S2. The maximum Gasteiger partial charge on any atom is 0.0433 e. The zero-order valence-electron chi connectivity index (χ0n) is 32.4. The third-order valence-electron chi connectivity index (χ3n) is 12.6. The van der Waals surface area contributed by atoms with Crippen molar-refractivity contribution in [1.29, 1.82) is 0 Å². The summed E-state index contributed by atoms with van der Waals surface area (Å²) in [6.45, 7) is 0. The summed E-state index contributed by atoms with van der Waals surface area (Å²) in [5.41, 5.74) is 9.99. The quantitative estimate of drug-likeness (QED) is 0.156. The second-order valence-electron chi connectivity index (χ2n) is 15.9. The molecule has 0 fully saturated rings. The Labute approximate surface area is 354 Å². The third kappa shape index (κ3) is 5.08. The monoisotopic (exact) mass is 794 g/mol. The van der Waals surface area contributed by atoms with Crippen LogP contribution in [0.25, 0.3) is 128 Å². The van der Waals surface area contributed by atoms with Gasteiger partial charge >= 0.3 is 0 Å². The molecule has 13 rings (SSSR count). The van der Waals surface area contributed by atoms with Crippen molar-refractivity contribution in [2.45, 2.75) is 0 Å². The summed E-state index contributed by atoms with van der Waals surface area (Å²) in [5, 5.41) is 15.6. The Kier molecular flexibility index (Phi) is 7.45. The van der Waals surface area contributed by atoms with Crippen molar-refractivity contribution < 1.29 is 0 Å². The Bertz CT molecular complexity index is 3830. The second-order valence-corrected chi connectivity index (χ2v) is 18.1. The molecule has 0 saturated carbocycles. The van der Waals surface area contributed by atoms with Crippen LogP contribution in [0.2, 0.25) is 0 Å². The fraction of sp³-hybridized carbons (Fsp3) is 0. The highest BCUT2D eigenvalue weighted by atomic mass is 32.1. The lowest BCUT2D eigenvalue weighted by Gasteiger charge is -2.20. The molecule has 0 aliphatic rings. The first-order chi connectivity index (χ1) is 29.7. The standard InChI is InChI=1S/C58H34S2/c1-2-13-35(14-3-1)36-15-12-16-39(31-36)56-45-20-6-8-22-47(45)57(48-23-9-7-21-46(48)56)49-30-29-40(42-17-4-5-18-43(42)49)37-25-27-41-38(32-37)26-28-50-52-33-51-44-19-10-11-24-53(44)59-54(51)34-55(52)60-58(41)50/h1-34H. The summed E-state index contributed by atoms with van der Waals surface area (Å²) in [4.78, 5) is 0. The zero-order valence-corrected chi connectivity index (χ0v) is 34.1. The van der Waals surface area contributed by atoms with Crippen molar-refractivity contribution in [1.82, 2.24) is 0 Å². The normalized spacial score (nSPS) is 12.0. The topological polar surface area (TPSA) is 0 Å². The van der Waals surface area contributed by atoms with Gasteiger partial charge in [-0.3, -0.25) is 0 Å². The van der Waals surface area contributed by atoms with Crippen molar-refractivity contribution in [2.75, 3.05) is 0 Å². The molecule has 0 radical (unpaired) electrons. The number of fused-ring (bicyclic) bond motifs is 11. The molecule has 0 unspecified atom stereocenters. The first kappa shape index (κ1) is 33.8. The van der Waals surface area contributed by atoms with Crippen LogP contribution in [0.3, 0.4) is 0 Å². The van der Waals surface area contributed by atoms with Crippen LogP contribution in [-0.2, 0) is 0 Å². The van der Waals surface area contributed by atoms with Crippen molar-refractivity contribution in [3.8, 4) is 44.5 Å². The molecule has 2 heterocycles. The maximum absolute atomic E-state index is 2.43. The molecule has 0 N–H and O–H groups in total. The molecule has 0 amide bonds. The lowest BCUT2D eigenvalue weighted by Crippen LogP contribution is -1.92. The van der Waals surface area contributed by atoms with Gasteiger partial charge in [-0.1, -0.05) is 176 Å². The van der Waals surface area contributed by atoms with E-state index < -0.39 is 0 Å². The number of rotatable bonds is 4. The van der Waals surface area contributed by atoms with Gasteiger partial charge in [0.05, 0.1) is 0 Å². The van der Waals surface area contributed by atoms with Gasteiger partial charge < -0.3 is 0 Å². The molecule has 60 heavy (non-hydrogen) atoms. The van der Waals surface area contributed by atoms with E-state index in [-0.39, 0.29) is 0 Å². The van der Waals surface area contributed by atoms with Gasteiger partial charge in [0.15, 0.2) is 0 Å². The molecule has 2 aromatic heterocycles. The molecule has 278 valence electrons. The van der Waals surface area contributed by atoms with Crippen LogP contribution < -0.4 is 0 Å². The fourth-order valence-electron chi connectivity index (χ4n) is 9.93. The third-order valence-corrected chi connectivity index (χ3v) is 15.0. The molecule has 11 aromatic carbocycles. The number of benzene rings is 11. The molecule has 0 atom stereocenters. The lowest BCUT2D eigenvalue weighted by atomic mass is 9.83. The Morgan fingerprint density at radius 3 is 1.57 bits per heavy atom. The van der Waals surface area contributed by atoms with Crippen LogP contribution in [0, 0.1) is 0 Å². The van der Waals surface area contributed by atoms with Crippen molar-refractivity contribution >= 4 is 106 Å². The fourth-order valence-corrected chi connectivity index (χ4v) is 12.4. The molecule has 2 heteroatoms. The van der Waals surface area contributed by atoms with E-state index in [1.165, 1.54) is 128 Å². The Morgan fingerprint density at radius 2 is 0.800 bits per heavy atom. The molecule has 13 aromatic rings. The van der Waals surface area contributed by atoms with Gasteiger partial charge in [-0.05, 0) is 118 Å². The predicted octanol–water partition coefficient (Wildman–Crippen LogP) is 17.7. The molecule has 0 saturated heterocycles. The average molecular weight is 795 g/mol. The second kappa shape index (κ2) is 13.2. The van der Waals surface area contributed by atoms with E-state index in [0.717, 1.165) is 0 Å². The average Bonchev–Trinajstić information content (AvgIpc) is 3.87. The predicted molar refractivity (Wildman–Crippen MR) is 264 cm³/mol. The SMILES string of the molecule is c1ccc(-c2cccc(-c3c4ccccc4c(-c4ccc(-c5ccc6c(ccc7c8cc9c(cc8sc67)sc6ccccc69)c5)c5ccccc45)c4ccccc34)c2)cc1. The molecule has 0 nitrogen and oxygen atoms in total. The smallest absolute Gasteiger partial charge is 0.0433 e. The van der Waals surface area contributed by atoms with Gasteiger partial charge in [-0.25, -0.2) is 0 Å². The summed E-state index contributed by atoms with van der Waals surface area (Å²) >= 11 is 3.82. The van der Waals surface area contributed by atoms with Gasteiger partial charge in [-0.15, -0.1) is 22.7 Å². The molecule has 0 spiro atoms. The van der Waals surface area contributed by atoms with E-state index in [9.17, 15) is 0 Å². The van der Waals surface area contributed by atoms with Gasteiger partial charge in [0, 0.05) is 40.3 Å². The minimum Gasteiger partial charge on any atom is -0.135 e. The van der Waals surface area contributed by atoms with Crippen LogP contribution in [0.5, 0.6) is 0 Å². The largest absolute Gasteiger partial charge is 0.135 e. The van der Waals surface area contributed by atoms with E-state index in [2.05, 4.69) is 206 Å². The summed E-state index contributed by atoms with van der Waals surface area (Å²) < 4.78 is 5.44. The Morgan fingerprint density at radius 1 is 0.233 bits per heavy atom. The molecular weight excluding hydrogens is 761 g/mol. The van der Waals surface area contributed by atoms with Gasteiger partial charge in [0.2, 0.25) is 0 Å². The number of hydrogen-bond acceptors (Lipinski definition) is 2. The van der Waals surface area contributed by atoms with Crippen molar-refractivity contribution in [3.05, 3.63) is 206 Å². The van der Waals surface area contributed by atoms with Gasteiger partial charge in [0.1, 0.15) is 0 Å².